The van der Waals surface area contributed by atoms with Crippen LogP contribution < -0.4 is 10.7 Å². The van der Waals surface area contributed by atoms with Crippen LogP contribution in [-0.4, -0.2) is 18.0 Å². The van der Waals surface area contributed by atoms with Crippen molar-refractivity contribution in [2.75, 3.05) is 5.32 Å². The minimum atomic E-state index is -0.267. The number of aryl methyl sites for hydroxylation is 3. The minimum absolute atomic E-state index is 0.104. The Labute approximate surface area is 154 Å². The molecule has 0 atom stereocenters. The highest BCUT2D eigenvalue weighted by atomic mass is 16.2. The Morgan fingerprint density at radius 3 is 2.46 bits per heavy atom. The van der Waals surface area contributed by atoms with Crippen molar-refractivity contribution in [3.05, 3.63) is 65.2 Å². The van der Waals surface area contributed by atoms with Crippen molar-refractivity contribution in [2.24, 2.45) is 5.10 Å². The van der Waals surface area contributed by atoms with Gasteiger partial charge in [0.1, 0.15) is 0 Å². The summed E-state index contributed by atoms with van der Waals surface area (Å²) in [6.07, 6.45) is 3.53. The van der Waals surface area contributed by atoms with E-state index in [4.69, 9.17) is 0 Å². The molecular formula is C21H25N3O2. The number of nitrogens with zero attached hydrogens (tertiary/aromatic N) is 1. The molecule has 2 N–H and O–H groups in total. The van der Waals surface area contributed by atoms with Crippen molar-refractivity contribution < 1.29 is 9.59 Å². The van der Waals surface area contributed by atoms with Gasteiger partial charge in [-0.15, -0.1) is 0 Å². The van der Waals surface area contributed by atoms with Crippen molar-refractivity contribution in [3.8, 4) is 0 Å². The number of carbonyl (C=O) groups excluding carboxylic acids is 2. The van der Waals surface area contributed by atoms with Crippen molar-refractivity contribution in [3.63, 3.8) is 0 Å². The summed E-state index contributed by atoms with van der Waals surface area (Å²) < 4.78 is 0. The van der Waals surface area contributed by atoms with E-state index in [-0.39, 0.29) is 24.7 Å². The maximum absolute atomic E-state index is 12.0. The molecule has 0 aliphatic carbocycles. The van der Waals surface area contributed by atoms with E-state index in [0.29, 0.717) is 0 Å². The van der Waals surface area contributed by atoms with Gasteiger partial charge in [-0.2, -0.15) is 5.10 Å². The molecule has 0 bridgehead atoms. The molecule has 26 heavy (non-hydrogen) atoms. The van der Waals surface area contributed by atoms with Crippen LogP contribution in [0.2, 0.25) is 0 Å². The third-order valence-corrected chi connectivity index (χ3v) is 3.92. The number of benzene rings is 2. The second-order valence-electron chi connectivity index (χ2n) is 6.24. The second-order valence-corrected chi connectivity index (χ2v) is 6.24. The molecule has 2 aromatic carbocycles. The Morgan fingerprint density at radius 1 is 1.00 bits per heavy atom. The highest BCUT2D eigenvalue weighted by molar-refractivity contribution is 5.93. The zero-order chi connectivity index (χ0) is 18.8. The quantitative estimate of drug-likeness (QED) is 0.561. The number of nitrogens with one attached hydrogen (secondary N) is 2. The molecule has 0 saturated carbocycles. The minimum Gasteiger partial charge on any atom is -0.326 e. The molecule has 136 valence electrons. The van der Waals surface area contributed by atoms with Gasteiger partial charge in [-0.05, 0) is 43.9 Å². The van der Waals surface area contributed by atoms with Gasteiger partial charge in [-0.1, -0.05) is 48.0 Å². The van der Waals surface area contributed by atoms with Gasteiger partial charge in [0.25, 0.3) is 0 Å². The zero-order valence-electron chi connectivity index (χ0n) is 15.3. The van der Waals surface area contributed by atoms with Gasteiger partial charge in [-0.3, -0.25) is 9.59 Å². The molecule has 5 heteroatoms. The Morgan fingerprint density at radius 2 is 1.73 bits per heavy atom. The number of hydrazone groups is 1. The summed E-state index contributed by atoms with van der Waals surface area (Å²) in [4.78, 5) is 23.7. The molecule has 0 heterocycles. The first kappa shape index (κ1) is 19.4. The lowest BCUT2D eigenvalue weighted by Gasteiger charge is -2.08. The summed E-state index contributed by atoms with van der Waals surface area (Å²) in [5.74, 6) is -0.447. The summed E-state index contributed by atoms with van der Waals surface area (Å²) in [6, 6.07) is 15.9. The van der Waals surface area contributed by atoms with Crippen LogP contribution in [0.4, 0.5) is 5.69 Å². The fourth-order valence-corrected chi connectivity index (χ4v) is 2.51. The number of carbonyl (C=O) groups is 2. The topological polar surface area (TPSA) is 70.6 Å². The molecule has 5 nitrogen and oxygen atoms in total. The number of rotatable bonds is 8. The van der Waals surface area contributed by atoms with E-state index in [1.807, 2.05) is 50.2 Å². The van der Waals surface area contributed by atoms with Gasteiger partial charge in [0.05, 0.1) is 0 Å². The molecule has 0 aliphatic heterocycles. The smallest absolute Gasteiger partial charge is 0.240 e. The fourth-order valence-electron chi connectivity index (χ4n) is 2.51. The van der Waals surface area contributed by atoms with E-state index < -0.39 is 0 Å². The van der Waals surface area contributed by atoms with Crippen molar-refractivity contribution in [2.45, 2.75) is 39.5 Å². The Bertz CT molecular complexity index is 770. The first-order valence-electron chi connectivity index (χ1n) is 8.76. The molecule has 0 unspecified atom stereocenters. The van der Waals surface area contributed by atoms with Crippen molar-refractivity contribution in [1.29, 1.82) is 0 Å². The van der Waals surface area contributed by atoms with Crippen LogP contribution in [0.25, 0.3) is 0 Å². The number of anilines is 1. The molecule has 2 amide bonds. The summed E-state index contributed by atoms with van der Waals surface area (Å²) in [5.41, 5.74) is 6.61. The Balaban J connectivity index is 1.64. The fraction of sp³-hybridized carbons (Fsp3) is 0.286. The van der Waals surface area contributed by atoms with Crippen LogP contribution >= 0.6 is 0 Å². The van der Waals surface area contributed by atoms with Gasteiger partial charge >= 0.3 is 0 Å². The maximum Gasteiger partial charge on any atom is 0.240 e. The molecule has 0 fully saturated rings. The van der Waals surface area contributed by atoms with E-state index in [2.05, 4.69) is 28.0 Å². The van der Waals surface area contributed by atoms with Gasteiger partial charge in [0.2, 0.25) is 11.8 Å². The van der Waals surface area contributed by atoms with Gasteiger partial charge in [-0.25, -0.2) is 5.43 Å². The first-order chi connectivity index (χ1) is 12.5. The molecule has 0 aromatic heterocycles. The molecule has 0 radical (unpaired) electrons. The van der Waals surface area contributed by atoms with Gasteiger partial charge < -0.3 is 5.32 Å². The normalized spacial score (nSPS) is 10.7. The monoisotopic (exact) mass is 351 g/mol. The molecule has 0 saturated heterocycles. The molecule has 2 rings (SSSR count). The lowest BCUT2D eigenvalue weighted by Crippen LogP contribution is -2.20. The first-order valence-corrected chi connectivity index (χ1v) is 8.76. The molecule has 0 spiro atoms. The van der Waals surface area contributed by atoms with Gasteiger partial charge in [0.15, 0.2) is 0 Å². The van der Waals surface area contributed by atoms with Crippen LogP contribution in [0.5, 0.6) is 0 Å². The van der Waals surface area contributed by atoms with E-state index in [1.165, 1.54) is 5.56 Å². The summed E-state index contributed by atoms with van der Waals surface area (Å²) in [5, 5.41) is 6.75. The SMILES string of the molecule is Cc1ccc(NC(=O)CCC(=O)NN=CCCc2ccccc2)c(C)c1. The largest absolute Gasteiger partial charge is 0.326 e. The number of hydrogen-bond acceptors (Lipinski definition) is 3. The summed E-state index contributed by atoms with van der Waals surface area (Å²) >= 11 is 0. The van der Waals surface area contributed by atoms with E-state index in [0.717, 1.165) is 29.7 Å². The summed E-state index contributed by atoms with van der Waals surface area (Å²) in [6.45, 7) is 3.95. The second kappa shape index (κ2) is 10.1. The molecule has 0 aliphatic rings. The van der Waals surface area contributed by atoms with E-state index in [9.17, 15) is 9.59 Å². The number of amides is 2. The van der Waals surface area contributed by atoms with Crippen LogP contribution in [0, 0.1) is 13.8 Å². The standard InChI is InChI=1S/C21H25N3O2/c1-16-10-11-19(17(2)15-16)23-20(25)12-13-21(26)24-22-14-6-9-18-7-4-3-5-8-18/h3-5,7-8,10-11,14-15H,6,9,12-13H2,1-2H3,(H,23,25)(H,24,26). The highest BCUT2D eigenvalue weighted by Gasteiger charge is 2.08. The predicted octanol–water partition coefficient (Wildman–Crippen LogP) is 3.76. The van der Waals surface area contributed by atoms with E-state index in [1.54, 1.807) is 6.21 Å². The third-order valence-electron chi connectivity index (χ3n) is 3.92. The number of hydrogen-bond donors (Lipinski definition) is 2. The Kier molecular flexibility index (Phi) is 7.55. The maximum atomic E-state index is 12.0. The van der Waals surface area contributed by atoms with Crippen LogP contribution in [0.1, 0.15) is 36.0 Å². The predicted molar refractivity (Wildman–Crippen MR) is 105 cm³/mol. The van der Waals surface area contributed by atoms with Crippen LogP contribution in [0.3, 0.4) is 0 Å². The Hall–Kier alpha value is -2.95. The average molecular weight is 351 g/mol. The molecule has 2 aromatic rings. The summed E-state index contributed by atoms with van der Waals surface area (Å²) in [7, 11) is 0. The average Bonchev–Trinajstić information content (AvgIpc) is 2.63. The van der Waals surface area contributed by atoms with Crippen molar-refractivity contribution in [1.82, 2.24) is 5.43 Å². The van der Waals surface area contributed by atoms with Crippen molar-refractivity contribution >= 4 is 23.7 Å². The highest BCUT2D eigenvalue weighted by Crippen LogP contribution is 2.16. The van der Waals surface area contributed by atoms with Crippen LogP contribution in [0.15, 0.2) is 53.6 Å². The lowest BCUT2D eigenvalue weighted by molar-refractivity contribution is -0.124. The zero-order valence-corrected chi connectivity index (χ0v) is 15.3. The third kappa shape index (κ3) is 6.89. The van der Waals surface area contributed by atoms with Gasteiger partial charge in [0, 0.05) is 24.7 Å². The lowest BCUT2D eigenvalue weighted by atomic mass is 10.1. The van der Waals surface area contributed by atoms with Crippen LogP contribution in [-0.2, 0) is 16.0 Å². The molecular weight excluding hydrogens is 326 g/mol. The van der Waals surface area contributed by atoms with E-state index >= 15 is 0 Å².